The van der Waals surface area contributed by atoms with Crippen LogP contribution < -0.4 is 4.90 Å². The Kier molecular flexibility index (Phi) is 4.60. The van der Waals surface area contributed by atoms with E-state index >= 15 is 0 Å². The van der Waals surface area contributed by atoms with Gasteiger partial charge in [-0.15, -0.1) is 11.6 Å². The van der Waals surface area contributed by atoms with Crippen LogP contribution in [0.1, 0.15) is 11.1 Å². The van der Waals surface area contributed by atoms with Gasteiger partial charge in [-0.2, -0.15) is 26.3 Å². The van der Waals surface area contributed by atoms with E-state index in [1.54, 1.807) is 0 Å². The Morgan fingerprint density at radius 2 is 1.68 bits per heavy atom. The molecule has 0 aromatic heterocycles. The van der Waals surface area contributed by atoms with Crippen LogP contribution in [0.4, 0.5) is 32.0 Å². The van der Waals surface area contributed by atoms with Gasteiger partial charge in [0.2, 0.25) is 0 Å². The first-order valence-electron chi connectivity index (χ1n) is 5.08. The number of benzene rings is 1. The average Bonchev–Trinajstić information content (AvgIpc) is 2.24. The van der Waals surface area contributed by atoms with E-state index in [1.807, 2.05) is 0 Å². The van der Waals surface area contributed by atoms with Crippen molar-refractivity contribution in [2.24, 2.45) is 0 Å². The van der Waals surface area contributed by atoms with Crippen molar-refractivity contribution in [3.63, 3.8) is 0 Å². The smallest absolute Gasteiger partial charge is 0.366 e. The summed E-state index contributed by atoms with van der Waals surface area (Å²) >= 11 is 5.38. The van der Waals surface area contributed by atoms with Gasteiger partial charge in [0.1, 0.15) is 6.54 Å². The molecule has 0 heterocycles. The molecule has 19 heavy (non-hydrogen) atoms. The summed E-state index contributed by atoms with van der Waals surface area (Å²) in [5, 5.41) is 0. The van der Waals surface area contributed by atoms with Gasteiger partial charge in [-0.3, -0.25) is 0 Å². The largest absolute Gasteiger partial charge is 0.416 e. The van der Waals surface area contributed by atoms with Gasteiger partial charge in [-0.05, 0) is 17.7 Å². The van der Waals surface area contributed by atoms with E-state index in [0.717, 1.165) is 13.1 Å². The number of hydrogen-bond acceptors (Lipinski definition) is 1. The fourth-order valence-corrected chi connectivity index (χ4v) is 1.78. The predicted molar refractivity (Wildman–Crippen MR) is 60.3 cm³/mol. The van der Waals surface area contributed by atoms with Crippen LogP contribution in [0.3, 0.4) is 0 Å². The highest BCUT2D eigenvalue weighted by molar-refractivity contribution is 6.17. The second-order valence-corrected chi connectivity index (χ2v) is 4.21. The summed E-state index contributed by atoms with van der Waals surface area (Å²) in [7, 11) is 1.07. The highest BCUT2D eigenvalue weighted by Crippen LogP contribution is 2.35. The molecule has 0 amide bonds. The number of alkyl halides is 7. The first-order chi connectivity index (χ1) is 8.54. The van der Waals surface area contributed by atoms with Gasteiger partial charge < -0.3 is 4.90 Å². The van der Waals surface area contributed by atoms with Crippen LogP contribution in [0.2, 0.25) is 0 Å². The molecule has 1 aromatic carbocycles. The molecule has 0 saturated heterocycles. The molecule has 0 aliphatic rings. The molecule has 108 valence electrons. The quantitative estimate of drug-likeness (QED) is 0.589. The summed E-state index contributed by atoms with van der Waals surface area (Å²) in [6.07, 6.45) is -9.14. The molecular weight excluding hydrogens is 296 g/mol. The van der Waals surface area contributed by atoms with Crippen molar-refractivity contribution in [1.29, 1.82) is 0 Å². The van der Waals surface area contributed by atoms with Crippen molar-refractivity contribution in [2.45, 2.75) is 18.2 Å². The Morgan fingerprint density at radius 3 is 2.11 bits per heavy atom. The topological polar surface area (TPSA) is 3.24 Å². The highest BCUT2D eigenvalue weighted by Gasteiger charge is 2.34. The van der Waals surface area contributed by atoms with Gasteiger partial charge in [0, 0.05) is 18.6 Å². The molecule has 0 atom stereocenters. The first-order valence-corrected chi connectivity index (χ1v) is 5.62. The zero-order valence-electron chi connectivity index (χ0n) is 9.74. The second-order valence-electron chi connectivity index (χ2n) is 3.94. The summed E-state index contributed by atoms with van der Waals surface area (Å²) in [6.45, 7) is -1.33. The summed E-state index contributed by atoms with van der Waals surface area (Å²) in [6, 6.07) is 2.93. The lowest BCUT2D eigenvalue weighted by atomic mass is 10.1. The molecule has 0 aliphatic carbocycles. The number of nitrogens with zero attached hydrogens (tertiary/aromatic N) is 1. The standard InChI is InChI=1S/C11H10ClF6N/c1-19(6-10(13,14)15)8-3-2-7(5-12)9(4-8)11(16,17)18/h2-4H,5-6H2,1H3. The molecule has 0 radical (unpaired) electrons. The van der Waals surface area contributed by atoms with E-state index in [1.165, 1.54) is 6.07 Å². The second kappa shape index (κ2) is 5.48. The van der Waals surface area contributed by atoms with Crippen LogP contribution in [0.15, 0.2) is 18.2 Å². The van der Waals surface area contributed by atoms with Crippen molar-refractivity contribution in [2.75, 3.05) is 18.5 Å². The number of anilines is 1. The molecular formula is C11H10ClF6N. The molecule has 0 spiro atoms. The lowest BCUT2D eigenvalue weighted by Crippen LogP contribution is -2.31. The van der Waals surface area contributed by atoms with Gasteiger partial charge in [0.25, 0.3) is 0 Å². The molecule has 1 aromatic rings. The van der Waals surface area contributed by atoms with E-state index < -0.39 is 24.5 Å². The van der Waals surface area contributed by atoms with E-state index in [9.17, 15) is 26.3 Å². The van der Waals surface area contributed by atoms with Gasteiger partial charge >= 0.3 is 12.4 Å². The number of hydrogen-bond donors (Lipinski definition) is 0. The van der Waals surface area contributed by atoms with Crippen molar-refractivity contribution in [3.8, 4) is 0 Å². The van der Waals surface area contributed by atoms with E-state index in [0.29, 0.717) is 11.0 Å². The SMILES string of the molecule is CN(CC(F)(F)F)c1ccc(CCl)c(C(F)(F)F)c1. The number of halogens is 7. The van der Waals surface area contributed by atoms with Crippen molar-refractivity contribution < 1.29 is 26.3 Å². The predicted octanol–water partition coefficient (Wildman–Crippen LogP) is 4.44. The maximum atomic E-state index is 12.7. The third-order valence-electron chi connectivity index (χ3n) is 2.40. The summed E-state index contributed by atoms with van der Waals surface area (Å²) in [5.74, 6) is -0.363. The molecule has 0 fully saturated rings. The minimum Gasteiger partial charge on any atom is -0.366 e. The third kappa shape index (κ3) is 4.49. The Hall–Kier alpha value is -1.11. The van der Waals surface area contributed by atoms with Gasteiger partial charge in [-0.25, -0.2) is 0 Å². The molecule has 8 heteroatoms. The van der Waals surface area contributed by atoms with Crippen LogP contribution in [0.25, 0.3) is 0 Å². The normalized spacial score (nSPS) is 12.6. The Balaban J connectivity index is 3.12. The summed E-state index contributed by atoms with van der Waals surface area (Å²) < 4.78 is 74.7. The minimum atomic E-state index is -4.65. The first kappa shape index (κ1) is 15.9. The van der Waals surface area contributed by atoms with Crippen LogP contribution in [-0.2, 0) is 12.1 Å². The highest BCUT2D eigenvalue weighted by atomic mass is 35.5. The van der Waals surface area contributed by atoms with Crippen LogP contribution in [0.5, 0.6) is 0 Å². The average molecular weight is 306 g/mol. The zero-order valence-corrected chi connectivity index (χ0v) is 10.5. The van der Waals surface area contributed by atoms with Gasteiger partial charge in [0.05, 0.1) is 5.56 Å². The number of rotatable bonds is 3. The Labute approximate surface area is 110 Å². The summed E-state index contributed by atoms with van der Waals surface area (Å²) in [4.78, 5) is 0.702. The lowest BCUT2D eigenvalue weighted by Gasteiger charge is -2.22. The molecule has 0 aliphatic heterocycles. The van der Waals surface area contributed by atoms with Crippen molar-refractivity contribution in [3.05, 3.63) is 29.3 Å². The monoisotopic (exact) mass is 305 g/mol. The zero-order chi connectivity index (χ0) is 14.8. The van der Waals surface area contributed by atoms with Crippen LogP contribution in [-0.4, -0.2) is 19.8 Å². The van der Waals surface area contributed by atoms with Crippen molar-refractivity contribution in [1.82, 2.24) is 0 Å². The molecule has 0 unspecified atom stereocenters. The molecule has 1 rings (SSSR count). The summed E-state index contributed by atoms with van der Waals surface area (Å²) in [5.41, 5.74) is -1.36. The molecule has 0 bridgehead atoms. The van der Waals surface area contributed by atoms with Crippen LogP contribution >= 0.6 is 11.6 Å². The molecule has 0 N–H and O–H groups in total. The minimum absolute atomic E-state index is 0.168. The van der Waals surface area contributed by atoms with Gasteiger partial charge in [-0.1, -0.05) is 6.07 Å². The Morgan fingerprint density at radius 1 is 1.11 bits per heavy atom. The van der Waals surface area contributed by atoms with E-state index in [2.05, 4.69) is 0 Å². The van der Waals surface area contributed by atoms with E-state index in [-0.39, 0.29) is 17.1 Å². The fraction of sp³-hybridized carbons (Fsp3) is 0.455. The van der Waals surface area contributed by atoms with Crippen LogP contribution in [0, 0.1) is 0 Å². The van der Waals surface area contributed by atoms with Gasteiger partial charge in [0.15, 0.2) is 0 Å². The maximum absolute atomic E-state index is 12.7. The molecule has 0 saturated carbocycles. The lowest BCUT2D eigenvalue weighted by molar-refractivity contribution is -0.138. The van der Waals surface area contributed by atoms with E-state index in [4.69, 9.17) is 11.6 Å². The fourth-order valence-electron chi connectivity index (χ4n) is 1.54. The Bertz CT molecular complexity index is 440. The van der Waals surface area contributed by atoms with Crippen molar-refractivity contribution >= 4 is 17.3 Å². The molecule has 1 nitrogen and oxygen atoms in total. The third-order valence-corrected chi connectivity index (χ3v) is 2.69. The maximum Gasteiger partial charge on any atom is 0.416 e.